The van der Waals surface area contributed by atoms with E-state index >= 15 is 0 Å². The van der Waals surface area contributed by atoms with Crippen molar-refractivity contribution in [2.45, 2.75) is 12.5 Å². The van der Waals surface area contributed by atoms with Crippen molar-refractivity contribution in [1.82, 2.24) is 10.2 Å². The second-order valence-electron chi connectivity index (χ2n) is 5.98. The van der Waals surface area contributed by atoms with E-state index in [9.17, 15) is 14.3 Å². The summed E-state index contributed by atoms with van der Waals surface area (Å²) in [6.07, 6.45) is 0.174. The predicted octanol–water partition coefficient (Wildman–Crippen LogP) is 2.86. The Hall–Kier alpha value is -2.60. The number of amides is 2. The normalized spacial score (nSPS) is 17.3. The molecule has 0 bridgehead atoms. The molecule has 1 heterocycles. The van der Waals surface area contributed by atoms with E-state index < -0.39 is 6.10 Å². The van der Waals surface area contributed by atoms with Crippen LogP contribution in [0.5, 0.6) is 5.75 Å². The molecule has 2 aromatic carbocycles. The third-order valence-electron chi connectivity index (χ3n) is 4.21. The Morgan fingerprint density at radius 1 is 1.28 bits per heavy atom. The molecule has 0 aromatic heterocycles. The third-order valence-corrected chi connectivity index (χ3v) is 4.21. The molecule has 0 spiro atoms. The number of benzene rings is 2. The van der Waals surface area contributed by atoms with Crippen LogP contribution in [0, 0.1) is 5.82 Å². The standard InChI is InChI=1S/C19H21FN2O3/c20-17-7-2-1-6-16(17)18-13-22(10-11-25-18)19(24)21-9-8-14-4-3-5-15(23)12-14/h1-7,12,18,23H,8-11,13H2,(H,21,24). The van der Waals surface area contributed by atoms with Crippen LogP contribution in [0.4, 0.5) is 9.18 Å². The lowest BCUT2D eigenvalue weighted by molar-refractivity contribution is -0.0170. The number of urea groups is 1. The first-order valence-electron chi connectivity index (χ1n) is 8.30. The van der Waals surface area contributed by atoms with E-state index in [0.717, 1.165) is 5.56 Å². The average molecular weight is 344 g/mol. The molecule has 1 fully saturated rings. The van der Waals surface area contributed by atoms with Gasteiger partial charge >= 0.3 is 6.03 Å². The number of nitrogens with one attached hydrogen (secondary N) is 1. The minimum absolute atomic E-state index is 0.190. The van der Waals surface area contributed by atoms with Crippen LogP contribution in [0.3, 0.4) is 0 Å². The van der Waals surface area contributed by atoms with Crippen molar-refractivity contribution in [3.05, 3.63) is 65.5 Å². The molecule has 2 N–H and O–H groups in total. The Kier molecular flexibility index (Phi) is 5.50. The smallest absolute Gasteiger partial charge is 0.317 e. The molecule has 1 aliphatic rings. The Balaban J connectivity index is 1.52. The summed E-state index contributed by atoms with van der Waals surface area (Å²) in [4.78, 5) is 14.0. The molecule has 1 atom stereocenters. The number of carbonyl (C=O) groups is 1. The van der Waals surface area contributed by atoms with Crippen molar-refractivity contribution in [1.29, 1.82) is 0 Å². The van der Waals surface area contributed by atoms with E-state index in [1.807, 2.05) is 6.07 Å². The highest BCUT2D eigenvalue weighted by atomic mass is 19.1. The lowest BCUT2D eigenvalue weighted by Crippen LogP contribution is -2.47. The lowest BCUT2D eigenvalue weighted by Gasteiger charge is -2.33. The molecule has 6 heteroatoms. The highest BCUT2D eigenvalue weighted by Gasteiger charge is 2.26. The molecule has 5 nitrogen and oxygen atoms in total. The molecule has 132 valence electrons. The van der Waals surface area contributed by atoms with Gasteiger partial charge in [0.15, 0.2) is 0 Å². The molecule has 0 saturated carbocycles. The maximum atomic E-state index is 13.9. The number of morpholine rings is 1. The third kappa shape index (κ3) is 4.48. The number of phenolic OH excluding ortho intramolecular Hbond substituents is 1. The molecule has 0 aliphatic carbocycles. The van der Waals surface area contributed by atoms with Crippen LogP contribution in [0.15, 0.2) is 48.5 Å². The van der Waals surface area contributed by atoms with Gasteiger partial charge in [-0.25, -0.2) is 9.18 Å². The van der Waals surface area contributed by atoms with Gasteiger partial charge in [-0.1, -0.05) is 30.3 Å². The van der Waals surface area contributed by atoms with Crippen LogP contribution in [0.2, 0.25) is 0 Å². The first-order valence-corrected chi connectivity index (χ1v) is 8.30. The number of ether oxygens (including phenoxy) is 1. The summed E-state index contributed by atoms with van der Waals surface area (Å²) in [5.74, 6) is -0.108. The minimum atomic E-state index is -0.452. The van der Waals surface area contributed by atoms with E-state index in [1.165, 1.54) is 6.07 Å². The van der Waals surface area contributed by atoms with Crippen molar-refractivity contribution >= 4 is 6.03 Å². The second-order valence-corrected chi connectivity index (χ2v) is 5.98. The van der Waals surface area contributed by atoms with E-state index in [2.05, 4.69) is 5.32 Å². The Morgan fingerprint density at radius 2 is 2.12 bits per heavy atom. The molecule has 1 aliphatic heterocycles. The van der Waals surface area contributed by atoms with Gasteiger partial charge in [-0.15, -0.1) is 0 Å². The molecule has 25 heavy (non-hydrogen) atoms. The van der Waals surface area contributed by atoms with Crippen molar-refractivity contribution in [2.75, 3.05) is 26.2 Å². The van der Waals surface area contributed by atoms with Gasteiger partial charge in [0.05, 0.1) is 13.2 Å². The van der Waals surface area contributed by atoms with E-state index in [4.69, 9.17) is 4.74 Å². The number of halogens is 1. The number of hydrogen-bond acceptors (Lipinski definition) is 3. The summed E-state index contributed by atoms with van der Waals surface area (Å²) in [6.45, 7) is 1.63. The molecule has 3 rings (SSSR count). The number of hydrogen-bond donors (Lipinski definition) is 2. The summed E-state index contributed by atoms with van der Waals surface area (Å²) in [5, 5.41) is 12.3. The molecule has 2 amide bonds. The number of nitrogens with zero attached hydrogens (tertiary/aromatic N) is 1. The van der Waals surface area contributed by atoms with E-state index in [0.29, 0.717) is 38.2 Å². The van der Waals surface area contributed by atoms with Gasteiger partial charge in [0.25, 0.3) is 0 Å². The first kappa shape index (κ1) is 17.2. The van der Waals surface area contributed by atoms with Crippen molar-refractivity contribution < 1.29 is 19.0 Å². The Labute approximate surface area is 146 Å². The topological polar surface area (TPSA) is 61.8 Å². The van der Waals surface area contributed by atoms with Gasteiger partial charge in [0.1, 0.15) is 17.7 Å². The maximum Gasteiger partial charge on any atom is 0.317 e. The van der Waals surface area contributed by atoms with Gasteiger partial charge in [-0.3, -0.25) is 0 Å². The van der Waals surface area contributed by atoms with Crippen LogP contribution in [-0.2, 0) is 11.2 Å². The number of phenols is 1. The van der Waals surface area contributed by atoms with Gasteiger partial charge in [-0.2, -0.15) is 0 Å². The first-order chi connectivity index (χ1) is 12.1. The zero-order valence-corrected chi connectivity index (χ0v) is 13.8. The minimum Gasteiger partial charge on any atom is -0.508 e. The molecule has 2 aromatic rings. The summed E-state index contributed by atoms with van der Waals surface area (Å²) >= 11 is 0. The quantitative estimate of drug-likeness (QED) is 0.897. The number of rotatable bonds is 4. The zero-order valence-electron chi connectivity index (χ0n) is 13.8. The Morgan fingerprint density at radius 3 is 2.92 bits per heavy atom. The molecule has 1 saturated heterocycles. The van der Waals surface area contributed by atoms with Crippen LogP contribution >= 0.6 is 0 Å². The van der Waals surface area contributed by atoms with Crippen molar-refractivity contribution in [2.24, 2.45) is 0 Å². The Bertz CT molecular complexity index is 738. The fourth-order valence-corrected chi connectivity index (χ4v) is 2.90. The molecular weight excluding hydrogens is 323 g/mol. The monoisotopic (exact) mass is 344 g/mol. The number of carbonyl (C=O) groups excluding carboxylic acids is 1. The SMILES string of the molecule is O=C(NCCc1cccc(O)c1)N1CCOC(c2ccccc2F)C1. The second kappa shape index (κ2) is 7.98. The van der Waals surface area contributed by atoms with Crippen LogP contribution < -0.4 is 5.32 Å². The summed E-state index contributed by atoms with van der Waals surface area (Å²) < 4.78 is 19.5. The molecular formula is C19H21FN2O3. The summed E-state index contributed by atoms with van der Waals surface area (Å²) in [7, 11) is 0. The highest BCUT2D eigenvalue weighted by Crippen LogP contribution is 2.24. The maximum absolute atomic E-state index is 13.9. The lowest BCUT2D eigenvalue weighted by atomic mass is 10.1. The van der Waals surface area contributed by atoms with Crippen LogP contribution in [0.1, 0.15) is 17.2 Å². The molecule has 0 radical (unpaired) electrons. The fourth-order valence-electron chi connectivity index (χ4n) is 2.90. The van der Waals surface area contributed by atoms with Gasteiger partial charge < -0.3 is 20.1 Å². The zero-order chi connectivity index (χ0) is 17.6. The molecule has 1 unspecified atom stereocenters. The van der Waals surface area contributed by atoms with Crippen LogP contribution in [-0.4, -0.2) is 42.3 Å². The summed E-state index contributed by atoms with van der Waals surface area (Å²) in [5.41, 5.74) is 1.42. The fraction of sp³-hybridized carbons (Fsp3) is 0.316. The van der Waals surface area contributed by atoms with Crippen LogP contribution in [0.25, 0.3) is 0 Å². The van der Waals surface area contributed by atoms with Crippen molar-refractivity contribution in [3.8, 4) is 5.75 Å². The number of aromatic hydroxyl groups is 1. The highest BCUT2D eigenvalue weighted by molar-refractivity contribution is 5.74. The average Bonchev–Trinajstić information content (AvgIpc) is 2.62. The largest absolute Gasteiger partial charge is 0.508 e. The summed E-state index contributed by atoms with van der Waals surface area (Å²) in [6, 6.07) is 13.2. The van der Waals surface area contributed by atoms with Gasteiger partial charge in [-0.05, 0) is 30.2 Å². The van der Waals surface area contributed by atoms with Gasteiger partial charge in [0.2, 0.25) is 0 Å². The van der Waals surface area contributed by atoms with E-state index in [1.54, 1.807) is 41.3 Å². The van der Waals surface area contributed by atoms with E-state index in [-0.39, 0.29) is 17.6 Å². The van der Waals surface area contributed by atoms with Gasteiger partial charge in [0, 0.05) is 18.7 Å². The van der Waals surface area contributed by atoms with Crippen molar-refractivity contribution in [3.63, 3.8) is 0 Å². The predicted molar refractivity (Wildman–Crippen MR) is 91.9 cm³/mol.